The maximum absolute atomic E-state index is 12.0. The van der Waals surface area contributed by atoms with Gasteiger partial charge >= 0.3 is 5.97 Å². The third-order valence-electron chi connectivity index (χ3n) is 3.21. The zero-order valence-corrected chi connectivity index (χ0v) is 13.4. The van der Waals surface area contributed by atoms with E-state index in [0.29, 0.717) is 15.6 Å². The number of carboxylic acid groups (broad SMARTS) is 1. The molecule has 1 heterocycles. The van der Waals surface area contributed by atoms with Gasteiger partial charge < -0.3 is 10.4 Å². The summed E-state index contributed by atoms with van der Waals surface area (Å²) in [6, 6.07) is 7.71. The molecule has 0 aliphatic rings. The van der Waals surface area contributed by atoms with Crippen LogP contribution >= 0.6 is 11.3 Å². The fourth-order valence-corrected chi connectivity index (χ4v) is 3.09. The van der Waals surface area contributed by atoms with E-state index in [0.717, 1.165) is 12.1 Å². The van der Waals surface area contributed by atoms with Gasteiger partial charge in [0.15, 0.2) is 0 Å². The Hall–Kier alpha value is -2.21. The van der Waals surface area contributed by atoms with Crippen molar-refractivity contribution in [1.82, 2.24) is 4.98 Å². The zero-order chi connectivity index (χ0) is 16.1. The molecule has 0 aliphatic heterocycles. The number of aromatic nitrogens is 1. The number of nitrogens with one attached hydrogen (secondary N) is 1. The minimum absolute atomic E-state index is 0.0520. The maximum atomic E-state index is 12.0. The summed E-state index contributed by atoms with van der Waals surface area (Å²) in [4.78, 5) is 27.7. The van der Waals surface area contributed by atoms with Gasteiger partial charge in [0.05, 0.1) is 18.5 Å². The molecule has 1 amide bonds. The highest BCUT2D eigenvalue weighted by atomic mass is 32.1. The minimum Gasteiger partial charge on any atom is -0.481 e. The van der Waals surface area contributed by atoms with Gasteiger partial charge in [-0.1, -0.05) is 19.1 Å². The number of aliphatic carboxylic acids is 1. The lowest BCUT2D eigenvalue weighted by molar-refractivity contribution is -0.136. The van der Waals surface area contributed by atoms with Gasteiger partial charge in [0.1, 0.15) is 5.01 Å². The van der Waals surface area contributed by atoms with Gasteiger partial charge in [-0.25, -0.2) is 4.98 Å². The van der Waals surface area contributed by atoms with Gasteiger partial charge in [-0.05, 0) is 31.0 Å². The Bertz CT molecular complexity index is 677. The normalized spacial score (nSPS) is 10.5. The lowest BCUT2D eigenvalue weighted by atomic mass is 10.1. The molecular formula is C16H18N2O3S. The van der Waals surface area contributed by atoms with Crippen molar-refractivity contribution in [2.45, 2.75) is 33.1 Å². The van der Waals surface area contributed by atoms with Crippen LogP contribution in [0.3, 0.4) is 0 Å². The van der Waals surface area contributed by atoms with Crippen molar-refractivity contribution in [1.29, 1.82) is 0 Å². The second-order valence-electron chi connectivity index (χ2n) is 4.96. The van der Waals surface area contributed by atoms with Crippen LogP contribution in [0, 0.1) is 6.92 Å². The Morgan fingerprint density at radius 3 is 2.50 bits per heavy atom. The third-order valence-corrected chi connectivity index (χ3v) is 4.36. The number of carbonyl (C=O) groups excluding carboxylic acids is 1. The van der Waals surface area contributed by atoms with Crippen LogP contribution in [0.15, 0.2) is 24.3 Å². The number of anilines is 1. The van der Waals surface area contributed by atoms with Crippen molar-refractivity contribution in [3.8, 4) is 0 Å². The van der Waals surface area contributed by atoms with Crippen LogP contribution in [-0.4, -0.2) is 22.0 Å². The summed E-state index contributed by atoms with van der Waals surface area (Å²) in [6.07, 6.45) is 1.06. The largest absolute Gasteiger partial charge is 0.481 e. The van der Waals surface area contributed by atoms with Crippen molar-refractivity contribution in [2.24, 2.45) is 0 Å². The molecular weight excluding hydrogens is 300 g/mol. The van der Waals surface area contributed by atoms with E-state index < -0.39 is 5.97 Å². The molecule has 2 N–H and O–H groups in total. The summed E-state index contributed by atoms with van der Waals surface area (Å²) in [5.41, 5.74) is 2.65. The Morgan fingerprint density at radius 2 is 1.91 bits per heavy atom. The number of thiazole rings is 1. The summed E-state index contributed by atoms with van der Waals surface area (Å²) in [6.45, 7) is 3.84. The lowest BCUT2D eigenvalue weighted by Crippen LogP contribution is -2.14. The molecule has 0 unspecified atom stereocenters. The highest BCUT2D eigenvalue weighted by molar-refractivity contribution is 7.12. The van der Waals surface area contributed by atoms with E-state index in [1.807, 2.05) is 24.3 Å². The monoisotopic (exact) mass is 318 g/mol. The zero-order valence-electron chi connectivity index (χ0n) is 12.5. The van der Waals surface area contributed by atoms with E-state index in [2.05, 4.69) is 17.2 Å². The molecule has 116 valence electrons. The van der Waals surface area contributed by atoms with E-state index in [1.54, 1.807) is 6.92 Å². The molecule has 0 radical (unpaired) electrons. The number of rotatable bonds is 6. The van der Waals surface area contributed by atoms with Crippen molar-refractivity contribution >= 4 is 28.9 Å². The van der Waals surface area contributed by atoms with Gasteiger partial charge in [-0.2, -0.15) is 0 Å². The number of aryl methyl sites for hydroxylation is 2. The first-order valence-electron chi connectivity index (χ1n) is 7.03. The predicted octanol–water partition coefficient (Wildman–Crippen LogP) is 2.82. The average molecular weight is 318 g/mol. The lowest BCUT2D eigenvalue weighted by Gasteiger charge is -2.04. The molecule has 0 bridgehead atoms. The second kappa shape index (κ2) is 7.17. The van der Waals surface area contributed by atoms with Gasteiger partial charge in [-0.3, -0.25) is 9.59 Å². The molecule has 2 rings (SSSR count). The summed E-state index contributed by atoms with van der Waals surface area (Å²) in [5.74, 6) is -1.04. The van der Waals surface area contributed by atoms with E-state index in [4.69, 9.17) is 5.11 Å². The quantitative estimate of drug-likeness (QED) is 0.858. The number of nitrogens with zero attached hydrogens (tertiary/aromatic N) is 1. The van der Waals surface area contributed by atoms with E-state index in [9.17, 15) is 9.59 Å². The summed E-state index contributed by atoms with van der Waals surface area (Å²) < 4.78 is 0. The smallest absolute Gasteiger partial charge is 0.308 e. The maximum Gasteiger partial charge on any atom is 0.308 e. The highest BCUT2D eigenvalue weighted by Crippen LogP contribution is 2.20. The molecule has 6 heteroatoms. The van der Waals surface area contributed by atoms with Gasteiger partial charge in [-0.15, -0.1) is 11.3 Å². The minimum atomic E-state index is -0.890. The number of hydrogen-bond acceptors (Lipinski definition) is 4. The molecule has 22 heavy (non-hydrogen) atoms. The van der Waals surface area contributed by atoms with Crippen molar-refractivity contribution in [3.05, 3.63) is 45.4 Å². The number of hydrogen-bond donors (Lipinski definition) is 2. The van der Waals surface area contributed by atoms with Crippen molar-refractivity contribution in [2.75, 3.05) is 5.32 Å². The average Bonchev–Trinajstić information content (AvgIpc) is 2.78. The summed E-state index contributed by atoms with van der Waals surface area (Å²) in [7, 11) is 0. The molecule has 0 saturated heterocycles. The topological polar surface area (TPSA) is 79.3 Å². The van der Waals surface area contributed by atoms with Crippen LogP contribution < -0.4 is 5.32 Å². The molecule has 0 spiro atoms. The second-order valence-corrected chi connectivity index (χ2v) is 6.13. The van der Waals surface area contributed by atoms with Gasteiger partial charge in [0, 0.05) is 10.6 Å². The molecule has 0 fully saturated rings. The van der Waals surface area contributed by atoms with Gasteiger partial charge in [0.2, 0.25) is 5.91 Å². The molecule has 0 aliphatic carbocycles. The standard InChI is InChI=1S/C16H18N2O3S/c1-3-11-4-6-12(7-5-11)18-14(19)9-15-17-10(2)13(22-15)8-16(20)21/h4-7H,3,8-9H2,1-2H3,(H,18,19)(H,20,21). The first kappa shape index (κ1) is 16.2. The fraction of sp³-hybridized carbons (Fsp3) is 0.312. The first-order chi connectivity index (χ1) is 10.5. The van der Waals surface area contributed by atoms with Crippen molar-refractivity contribution in [3.63, 3.8) is 0 Å². The van der Waals surface area contributed by atoms with Crippen LogP contribution in [-0.2, 0) is 28.9 Å². The van der Waals surface area contributed by atoms with Gasteiger partial charge in [0.25, 0.3) is 0 Å². The predicted molar refractivity (Wildman–Crippen MR) is 86.3 cm³/mol. The van der Waals surface area contributed by atoms with E-state index in [1.165, 1.54) is 16.9 Å². The summed E-state index contributed by atoms with van der Waals surface area (Å²) >= 11 is 1.28. The molecule has 1 aromatic heterocycles. The Balaban J connectivity index is 1.97. The number of amides is 1. The van der Waals surface area contributed by atoms with Crippen LogP contribution in [0.1, 0.15) is 28.1 Å². The number of benzene rings is 1. The Labute approximate surface area is 133 Å². The number of carbonyl (C=O) groups is 2. The molecule has 0 atom stereocenters. The SMILES string of the molecule is CCc1ccc(NC(=O)Cc2nc(C)c(CC(=O)O)s2)cc1. The van der Waals surface area contributed by atoms with Crippen LogP contribution in [0.5, 0.6) is 0 Å². The highest BCUT2D eigenvalue weighted by Gasteiger charge is 2.13. The van der Waals surface area contributed by atoms with Crippen LogP contribution in [0.25, 0.3) is 0 Å². The van der Waals surface area contributed by atoms with E-state index >= 15 is 0 Å². The summed E-state index contributed by atoms with van der Waals surface area (Å²) in [5, 5.41) is 12.3. The number of carboxylic acids is 1. The van der Waals surface area contributed by atoms with Crippen LogP contribution in [0.4, 0.5) is 5.69 Å². The third kappa shape index (κ3) is 4.39. The Morgan fingerprint density at radius 1 is 1.23 bits per heavy atom. The molecule has 2 aromatic rings. The molecule has 1 aromatic carbocycles. The molecule has 5 nitrogen and oxygen atoms in total. The first-order valence-corrected chi connectivity index (χ1v) is 7.85. The van der Waals surface area contributed by atoms with Crippen LogP contribution in [0.2, 0.25) is 0 Å². The van der Waals surface area contributed by atoms with E-state index in [-0.39, 0.29) is 18.7 Å². The van der Waals surface area contributed by atoms with Crippen molar-refractivity contribution < 1.29 is 14.7 Å². The fourth-order valence-electron chi connectivity index (χ4n) is 2.03. The Kier molecular flexibility index (Phi) is 5.27. The molecule has 0 saturated carbocycles.